The summed E-state index contributed by atoms with van der Waals surface area (Å²) in [5, 5.41) is 0. The molecule has 0 aromatic rings. The molecule has 0 amide bonds. The van der Waals surface area contributed by atoms with Crippen molar-refractivity contribution < 1.29 is 30.3 Å². The summed E-state index contributed by atoms with van der Waals surface area (Å²) in [5.74, 6) is -0.453. The third-order valence-electron chi connectivity index (χ3n) is 3.36. The van der Waals surface area contributed by atoms with Crippen molar-refractivity contribution in [3.8, 4) is 0 Å². The Kier molecular flexibility index (Phi) is 7.46. The molecule has 0 N–H and O–H groups in total. The van der Waals surface area contributed by atoms with Gasteiger partial charge in [-0.25, -0.2) is 0 Å². The molecule has 0 aromatic carbocycles. The normalized spacial score (nSPS) is 17.4. The van der Waals surface area contributed by atoms with Crippen molar-refractivity contribution >= 4 is 5.92 Å². The van der Waals surface area contributed by atoms with Gasteiger partial charge >= 0.3 is 109 Å². The number of hydrogen-bond donors (Lipinski definition) is 0. The van der Waals surface area contributed by atoms with E-state index in [1.165, 1.54) is 24.0 Å². The third kappa shape index (κ3) is 3.96. The van der Waals surface area contributed by atoms with Gasteiger partial charge in [-0.15, -0.1) is 0 Å². The van der Waals surface area contributed by atoms with E-state index in [0.717, 1.165) is 0 Å². The van der Waals surface area contributed by atoms with Crippen LogP contribution in [0.3, 0.4) is 0 Å². The summed E-state index contributed by atoms with van der Waals surface area (Å²) in [5.41, 5.74) is 3.01. The summed E-state index contributed by atoms with van der Waals surface area (Å²) in [7, 11) is 0. The van der Waals surface area contributed by atoms with E-state index >= 15 is 0 Å². The number of rotatable bonds is 3. The first kappa shape index (κ1) is 17.9. The van der Waals surface area contributed by atoms with Crippen molar-refractivity contribution in [2.24, 2.45) is 0 Å². The summed E-state index contributed by atoms with van der Waals surface area (Å²) >= 11 is -1.37. The smallest absolute Gasteiger partial charge is 0.269 e. The Bertz CT molecular complexity index is 384. The zero-order valence-corrected chi connectivity index (χ0v) is 15.2. The molecule has 0 aliphatic heterocycles. The summed E-state index contributed by atoms with van der Waals surface area (Å²) in [6.45, 7) is 9.64. The molecule has 4 heteroatoms. The van der Waals surface area contributed by atoms with Crippen LogP contribution in [0, 0.1) is 0 Å². The Morgan fingerprint density at radius 1 is 0.889 bits per heavy atom. The van der Waals surface area contributed by atoms with Crippen LogP contribution in [0.2, 0.25) is 13.1 Å². The average molecular weight is 349 g/mol. The van der Waals surface area contributed by atoms with Crippen LogP contribution in [0.15, 0.2) is 42.0 Å². The van der Waals surface area contributed by atoms with E-state index in [-0.39, 0.29) is 9.41 Å². The molecule has 0 radical (unpaired) electrons. The molecule has 0 spiro atoms. The minimum atomic E-state index is -1.37. The van der Waals surface area contributed by atoms with Gasteiger partial charge in [0.05, 0.1) is 0 Å². The van der Waals surface area contributed by atoms with Crippen LogP contribution in [0.25, 0.3) is 0 Å². The minimum absolute atomic E-state index is 0. The van der Waals surface area contributed by atoms with Crippen LogP contribution in [0.5, 0.6) is 0 Å². The van der Waals surface area contributed by atoms with Crippen LogP contribution in [-0.4, -0.2) is 5.92 Å². The molecule has 2 aliphatic rings. The van der Waals surface area contributed by atoms with Gasteiger partial charge in [0, 0.05) is 0 Å². The average Bonchev–Trinajstić information content (AvgIpc) is 2.76. The number of allylic oxidation sites excluding steroid dienone is 8. The number of halogens is 2. The van der Waals surface area contributed by atoms with E-state index in [0.29, 0.717) is 0 Å². The van der Waals surface area contributed by atoms with Crippen LogP contribution >= 0.6 is 0 Å². The van der Waals surface area contributed by atoms with Crippen molar-refractivity contribution in [1.82, 2.24) is 0 Å². The van der Waals surface area contributed by atoms with Crippen LogP contribution in [0.1, 0.15) is 26.7 Å². The Labute approximate surface area is 118 Å². The van der Waals surface area contributed by atoms with Gasteiger partial charge in [0.2, 0.25) is 0 Å². The molecule has 0 fully saturated rings. The SMILES string of the molecule is CC1=CC[C]([Zr]([C]2=CC(C)=CC2)[SiH](C)C)=C1.F.F. The van der Waals surface area contributed by atoms with Gasteiger partial charge < -0.3 is 0 Å². The fourth-order valence-electron chi connectivity index (χ4n) is 2.65. The predicted molar refractivity (Wildman–Crippen MR) is 76.8 cm³/mol. The Hall–Kier alpha value is -0.0800. The van der Waals surface area contributed by atoms with Gasteiger partial charge in [0.1, 0.15) is 0 Å². The molecule has 0 heterocycles. The second-order valence-electron chi connectivity index (χ2n) is 5.21. The summed E-state index contributed by atoms with van der Waals surface area (Å²) < 4.78 is 3.74. The van der Waals surface area contributed by atoms with E-state index in [4.69, 9.17) is 0 Å². The maximum absolute atomic E-state index is 2.57. The molecule has 0 atom stereocenters. The maximum Gasteiger partial charge on any atom is -0.269 e. The minimum Gasteiger partial charge on any atom is -0.269 e. The summed E-state index contributed by atoms with van der Waals surface area (Å²) in [4.78, 5) is 0. The van der Waals surface area contributed by atoms with Gasteiger partial charge in [-0.2, -0.15) is 0 Å². The summed E-state index contributed by atoms with van der Waals surface area (Å²) in [6.07, 6.45) is 12.4. The molecule has 0 aromatic heterocycles. The van der Waals surface area contributed by atoms with Gasteiger partial charge in [0.25, 0.3) is 0 Å². The first-order valence-corrected chi connectivity index (χ1v) is 15.8. The van der Waals surface area contributed by atoms with Gasteiger partial charge in [0.15, 0.2) is 0 Å². The van der Waals surface area contributed by atoms with E-state index in [1.54, 1.807) is 0 Å². The fraction of sp³-hybridized carbons (Fsp3) is 0.429. The molecule has 0 saturated carbocycles. The first-order chi connectivity index (χ1) is 7.58. The maximum atomic E-state index is 2.57. The quantitative estimate of drug-likeness (QED) is 0.665. The molecule has 0 nitrogen and oxygen atoms in total. The van der Waals surface area contributed by atoms with E-state index in [2.05, 4.69) is 51.2 Å². The largest absolute Gasteiger partial charge is 0.269 e. The van der Waals surface area contributed by atoms with Crippen molar-refractivity contribution in [1.29, 1.82) is 0 Å². The first-order valence-electron chi connectivity index (χ1n) is 6.20. The van der Waals surface area contributed by atoms with Crippen LogP contribution < -0.4 is 0 Å². The molecule has 101 valence electrons. The second-order valence-corrected chi connectivity index (χ2v) is 24.6. The summed E-state index contributed by atoms with van der Waals surface area (Å²) in [6, 6.07) is 0. The predicted octanol–water partition coefficient (Wildman–Crippen LogP) is 4.36. The molecule has 2 aliphatic carbocycles. The molecule has 0 saturated heterocycles. The fourth-order valence-corrected chi connectivity index (χ4v) is 21.9. The Morgan fingerprint density at radius 2 is 1.28 bits per heavy atom. The molecule has 18 heavy (non-hydrogen) atoms. The second kappa shape index (κ2) is 7.49. The van der Waals surface area contributed by atoms with Crippen molar-refractivity contribution in [2.75, 3.05) is 0 Å². The zero-order chi connectivity index (χ0) is 11.7. The van der Waals surface area contributed by atoms with Crippen molar-refractivity contribution in [3.63, 3.8) is 0 Å². The van der Waals surface area contributed by atoms with Crippen LogP contribution in [-0.2, 0) is 20.9 Å². The molecular formula is C14H23F2SiZr. The van der Waals surface area contributed by atoms with Crippen molar-refractivity contribution in [2.45, 2.75) is 39.8 Å². The van der Waals surface area contributed by atoms with Crippen molar-refractivity contribution in [3.05, 3.63) is 42.0 Å². The Balaban J connectivity index is 0.00000144. The van der Waals surface area contributed by atoms with Gasteiger partial charge in [-0.05, 0) is 0 Å². The monoisotopic (exact) mass is 347 g/mol. The van der Waals surface area contributed by atoms with E-state index < -0.39 is 26.8 Å². The topological polar surface area (TPSA) is 0 Å². The van der Waals surface area contributed by atoms with Gasteiger partial charge in [-0.3, -0.25) is 9.41 Å². The standard InChI is InChI=1S/2C6H7.C2H7Si.2FH.Zr/c2*1-6-4-2-3-5-6;1-3-2;;;/h2*4-5H,2H2,1H3;3H,1-2H3;2*1H;. The third-order valence-corrected chi connectivity index (χ3v) is 22.5. The van der Waals surface area contributed by atoms with E-state index in [9.17, 15) is 0 Å². The molecule has 0 unspecified atom stereocenters. The molecular weight excluding hydrogens is 325 g/mol. The molecule has 2 rings (SSSR count). The zero-order valence-electron chi connectivity index (χ0n) is 11.6. The van der Waals surface area contributed by atoms with Gasteiger partial charge in [-0.1, -0.05) is 0 Å². The number of hydrogen-bond acceptors (Lipinski definition) is 0. The van der Waals surface area contributed by atoms with E-state index in [1.807, 2.05) is 6.56 Å². The Morgan fingerprint density at radius 3 is 1.50 bits per heavy atom. The van der Waals surface area contributed by atoms with Crippen LogP contribution in [0.4, 0.5) is 9.41 Å². The molecule has 0 bridgehead atoms.